The van der Waals surface area contributed by atoms with Gasteiger partial charge >= 0.3 is 5.51 Å². The summed E-state index contributed by atoms with van der Waals surface area (Å²) < 4.78 is 90.8. The van der Waals surface area contributed by atoms with Crippen molar-refractivity contribution in [1.29, 1.82) is 0 Å². The predicted molar refractivity (Wildman–Crippen MR) is 111 cm³/mol. The van der Waals surface area contributed by atoms with Crippen LogP contribution < -0.4 is 4.74 Å². The lowest BCUT2D eigenvalue weighted by molar-refractivity contribution is -0.0517. The van der Waals surface area contributed by atoms with Crippen LogP contribution in [0, 0.1) is 0 Å². The highest BCUT2D eigenvalue weighted by atomic mass is 32.2. The van der Waals surface area contributed by atoms with Gasteiger partial charge in [-0.3, -0.25) is 0 Å². The number of rotatable bonds is 7. The van der Waals surface area contributed by atoms with Crippen LogP contribution in [-0.2, 0) is 27.4 Å². The Kier molecular flexibility index (Phi) is 10.5. The van der Waals surface area contributed by atoms with Gasteiger partial charge in [-0.25, -0.2) is 8.42 Å². The highest BCUT2D eigenvalue weighted by molar-refractivity contribution is 7.96. The summed E-state index contributed by atoms with van der Waals surface area (Å²) in [5.41, 5.74) is -3.72. The number of hydrogen-bond acceptors (Lipinski definition) is 4. The van der Waals surface area contributed by atoms with Crippen LogP contribution in [0.1, 0.15) is 11.1 Å². The molecule has 0 aliphatic carbocycles. The molecule has 0 aliphatic rings. The minimum absolute atomic E-state index is 0.109. The number of hydrogen-bond donors (Lipinski definition) is 0. The molecule has 2 rings (SSSR count). The molecule has 2 aromatic rings. The minimum atomic E-state index is -6.09. The molecule has 1 atom stereocenters. The highest BCUT2D eigenvalue weighted by Crippen LogP contribution is 2.26. The number of halogens is 5. The van der Waals surface area contributed by atoms with Gasteiger partial charge in [-0.15, -0.1) is 0 Å². The van der Waals surface area contributed by atoms with E-state index in [4.69, 9.17) is 17.7 Å². The minimum Gasteiger partial charge on any atom is -0.741 e. The van der Waals surface area contributed by atoms with Crippen LogP contribution >= 0.6 is 0 Å². The summed E-state index contributed by atoms with van der Waals surface area (Å²) in [7, 11) is -4.66. The molecule has 0 N–H and O–H groups in total. The molecule has 0 bridgehead atoms. The summed E-state index contributed by atoms with van der Waals surface area (Å²) in [5.74, 6) is 1.90. The molecule has 0 aliphatic heterocycles. The molecule has 0 saturated heterocycles. The second-order valence-electron chi connectivity index (χ2n) is 6.24. The first kappa shape index (κ1) is 26.9. The summed E-state index contributed by atoms with van der Waals surface area (Å²) in [6.07, 6.45) is 1.36. The molecule has 31 heavy (non-hydrogen) atoms. The van der Waals surface area contributed by atoms with E-state index in [1.54, 1.807) is 31.4 Å². The zero-order chi connectivity index (χ0) is 23.7. The van der Waals surface area contributed by atoms with E-state index in [0.29, 0.717) is 17.1 Å². The molecule has 0 saturated carbocycles. The van der Waals surface area contributed by atoms with Gasteiger partial charge in [0.2, 0.25) is 0 Å². The van der Waals surface area contributed by atoms with Crippen molar-refractivity contribution in [3.63, 3.8) is 0 Å². The maximum absolute atomic E-state index is 13.4. The normalized spacial score (nSPS) is 12.4. The summed E-state index contributed by atoms with van der Waals surface area (Å²) in [5, 5.41) is 0. The van der Waals surface area contributed by atoms with Crippen molar-refractivity contribution in [2.45, 2.75) is 11.9 Å². The van der Waals surface area contributed by atoms with Crippen LogP contribution in [0.3, 0.4) is 0 Å². The zero-order valence-electron chi connectivity index (χ0n) is 16.7. The number of ether oxygens (including phenoxy) is 1. The third kappa shape index (κ3) is 9.70. The van der Waals surface area contributed by atoms with Crippen LogP contribution in [-0.4, -0.2) is 43.4 Å². The fourth-order valence-corrected chi connectivity index (χ4v) is 3.81. The van der Waals surface area contributed by atoms with Crippen molar-refractivity contribution in [3.8, 4) is 5.75 Å². The van der Waals surface area contributed by atoms with Gasteiger partial charge in [0.1, 0.15) is 17.3 Å². The Morgan fingerprint density at radius 1 is 1.06 bits per heavy atom. The van der Waals surface area contributed by atoms with Crippen LogP contribution in [0.4, 0.5) is 22.0 Å². The largest absolute Gasteiger partial charge is 0.741 e. The summed E-state index contributed by atoms with van der Waals surface area (Å²) >= 11 is 0. The van der Waals surface area contributed by atoms with Crippen molar-refractivity contribution >= 4 is 26.6 Å². The molecular weight excluding hydrogens is 463 g/mol. The van der Waals surface area contributed by atoms with Gasteiger partial charge in [-0.1, -0.05) is 42.5 Å². The average Bonchev–Trinajstić information content (AvgIpc) is 2.70. The van der Waals surface area contributed by atoms with Gasteiger partial charge in [0.25, 0.3) is 6.08 Å². The lowest BCUT2D eigenvalue weighted by atomic mass is 10.1. The monoisotopic (exact) mass is 484 g/mol. The number of methoxy groups -OCH3 is 1. The summed E-state index contributed by atoms with van der Waals surface area (Å²) in [6, 6.07) is 17.0. The molecule has 0 aromatic heterocycles. The first-order valence-electron chi connectivity index (χ1n) is 8.69. The van der Waals surface area contributed by atoms with Gasteiger partial charge in [0, 0.05) is 6.42 Å². The van der Waals surface area contributed by atoms with E-state index in [-0.39, 0.29) is 16.5 Å². The Hall–Kier alpha value is -2.11. The quantitative estimate of drug-likeness (QED) is 0.244. The molecule has 0 heterocycles. The molecule has 11 heteroatoms. The SMILES string of the molecule is COc1cccc(C(C[S+](C)CCc2ccccc2)=C(F)F)c1.O=S(=O)([O-])C(F)(F)F. The van der Waals surface area contributed by atoms with Gasteiger partial charge < -0.3 is 9.29 Å². The Labute approximate surface area is 180 Å². The molecule has 0 radical (unpaired) electrons. The van der Waals surface area contributed by atoms with E-state index in [1.807, 2.05) is 24.5 Å². The smallest absolute Gasteiger partial charge is 0.485 e. The lowest BCUT2D eigenvalue weighted by Crippen LogP contribution is -2.21. The Morgan fingerprint density at radius 3 is 2.13 bits per heavy atom. The second kappa shape index (κ2) is 12.1. The Morgan fingerprint density at radius 2 is 1.65 bits per heavy atom. The number of benzene rings is 2. The second-order valence-corrected chi connectivity index (χ2v) is 9.87. The van der Waals surface area contributed by atoms with E-state index >= 15 is 0 Å². The molecule has 2 aromatic carbocycles. The summed E-state index contributed by atoms with van der Waals surface area (Å²) in [6.45, 7) is 0. The van der Waals surface area contributed by atoms with Crippen molar-refractivity contribution in [1.82, 2.24) is 0 Å². The molecule has 0 amide bonds. The lowest BCUT2D eigenvalue weighted by Gasteiger charge is -2.09. The van der Waals surface area contributed by atoms with E-state index in [1.165, 1.54) is 5.56 Å². The molecule has 0 spiro atoms. The molecule has 1 unspecified atom stereocenters. The van der Waals surface area contributed by atoms with Crippen molar-refractivity contribution < 1.29 is 39.7 Å². The number of aryl methyl sites for hydroxylation is 1. The fourth-order valence-electron chi connectivity index (χ4n) is 2.31. The average molecular weight is 485 g/mol. The van der Waals surface area contributed by atoms with E-state index < -0.39 is 21.7 Å². The van der Waals surface area contributed by atoms with Crippen LogP contribution in [0.5, 0.6) is 5.75 Å². The van der Waals surface area contributed by atoms with E-state index in [2.05, 4.69) is 12.1 Å². The van der Waals surface area contributed by atoms with Gasteiger partial charge in [-0.05, 0) is 34.2 Å². The molecule has 172 valence electrons. The van der Waals surface area contributed by atoms with E-state index in [9.17, 15) is 22.0 Å². The Bertz CT molecular complexity index is 957. The van der Waals surface area contributed by atoms with Gasteiger partial charge in [0.05, 0.1) is 18.9 Å². The van der Waals surface area contributed by atoms with Crippen molar-refractivity contribution in [2.75, 3.05) is 24.9 Å². The zero-order valence-corrected chi connectivity index (χ0v) is 18.3. The predicted octanol–water partition coefficient (Wildman–Crippen LogP) is 4.85. The van der Waals surface area contributed by atoms with Crippen LogP contribution in [0.2, 0.25) is 0 Å². The topological polar surface area (TPSA) is 66.4 Å². The highest BCUT2D eigenvalue weighted by Gasteiger charge is 2.36. The maximum Gasteiger partial charge on any atom is 0.485 e. The third-order valence-electron chi connectivity index (χ3n) is 3.90. The first-order valence-corrected chi connectivity index (χ1v) is 12.1. The first-order chi connectivity index (χ1) is 14.3. The maximum atomic E-state index is 13.4. The molecular formula is C20H21F5O4S2. The van der Waals surface area contributed by atoms with E-state index in [0.717, 1.165) is 12.2 Å². The molecule has 0 fully saturated rings. The van der Waals surface area contributed by atoms with Gasteiger partial charge in [0.15, 0.2) is 10.1 Å². The third-order valence-corrected chi connectivity index (χ3v) is 6.15. The fraction of sp³-hybridized carbons (Fsp3) is 0.300. The van der Waals surface area contributed by atoms with Crippen LogP contribution in [0.15, 0.2) is 60.7 Å². The van der Waals surface area contributed by atoms with Crippen molar-refractivity contribution in [2.24, 2.45) is 0 Å². The standard InChI is InChI=1S/C19H21F2OS.CHF3O3S/c1-22-17-10-6-9-16(13-17)18(19(20)21)14-23(2)12-11-15-7-4-3-5-8-15;2-1(3,4)8(5,6)7/h3-10,13H,11-12,14H2,1-2H3;(H,5,6,7)/q+1;/p-1. The number of alkyl halides is 3. The summed E-state index contributed by atoms with van der Waals surface area (Å²) in [4.78, 5) is 0. The van der Waals surface area contributed by atoms with Crippen molar-refractivity contribution in [3.05, 3.63) is 71.8 Å². The van der Waals surface area contributed by atoms with Gasteiger partial charge in [-0.2, -0.15) is 22.0 Å². The molecule has 4 nitrogen and oxygen atoms in total. The Balaban J connectivity index is 0.000000512. The van der Waals surface area contributed by atoms with Crippen LogP contribution in [0.25, 0.3) is 5.57 Å².